The Morgan fingerprint density at radius 1 is 1.33 bits per heavy atom. The molecule has 1 aliphatic rings. The van der Waals surface area contributed by atoms with Crippen molar-refractivity contribution < 1.29 is 0 Å². The molecule has 0 N–H and O–H groups in total. The lowest BCUT2D eigenvalue weighted by Gasteiger charge is -2.24. The van der Waals surface area contributed by atoms with Crippen LogP contribution in [0.15, 0.2) is 28.7 Å². The van der Waals surface area contributed by atoms with Crippen LogP contribution in [0.1, 0.15) is 25.8 Å². The lowest BCUT2D eigenvalue weighted by molar-refractivity contribution is 0.990. The van der Waals surface area contributed by atoms with Gasteiger partial charge in [-0.05, 0) is 37.1 Å². The number of halogens is 2. The van der Waals surface area contributed by atoms with Gasteiger partial charge in [-0.15, -0.1) is 11.8 Å². The molecule has 1 atom stereocenters. The molecule has 0 radical (unpaired) electrons. The molecule has 0 saturated heterocycles. The second-order valence-corrected chi connectivity index (χ2v) is 5.79. The number of hydrogen-bond acceptors (Lipinski definition) is 1. The fraction of sp³-hybridized carbons (Fsp3) is 0.333. The van der Waals surface area contributed by atoms with Crippen molar-refractivity contribution in [2.45, 2.75) is 30.4 Å². The summed E-state index contributed by atoms with van der Waals surface area (Å²) in [6, 6.07) is 5.92. The van der Waals surface area contributed by atoms with Crippen LogP contribution in [0.2, 0.25) is 5.02 Å². The molecular weight excluding hydrogens is 247 g/mol. The van der Waals surface area contributed by atoms with Crippen molar-refractivity contribution in [1.82, 2.24) is 0 Å². The van der Waals surface area contributed by atoms with E-state index in [1.807, 2.05) is 30.0 Å². The summed E-state index contributed by atoms with van der Waals surface area (Å²) in [5, 5.41) is 2.11. The van der Waals surface area contributed by atoms with Crippen LogP contribution in [0, 0.1) is 0 Å². The molecule has 80 valence electrons. The number of fused-ring (bicyclic) bond motifs is 1. The largest absolute Gasteiger partial charge is 0.118 e. The number of rotatable bonds is 1. The van der Waals surface area contributed by atoms with Gasteiger partial charge in [0, 0.05) is 25.8 Å². The van der Waals surface area contributed by atoms with E-state index in [9.17, 15) is 0 Å². The SMILES string of the molecule is CCC1=C(Cl)c2cc(Cl)ccc2SC1C. The molecule has 0 amide bonds. The van der Waals surface area contributed by atoms with Gasteiger partial charge in [0.05, 0.1) is 0 Å². The molecule has 1 aliphatic heterocycles. The van der Waals surface area contributed by atoms with Gasteiger partial charge >= 0.3 is 0 Å². The predicted molar refractivity (Wildman–Crippen MR) is 69.8 cm³/mol. The van der Waals surface area contributed by atoms with Crippen molar-refractivity contribution in [3.8, 4) is 0 Å². The maximum atomic E-state index is 6.39. The van der Waals surface area contributed by atoms with E-state index in [1.54, 1.807) is 0 Å². The second kappa shape index (κ2) is 4.40. The predicted octanol–water partition coefficient (Wildman–Crippen LogP) is 5.19. The summed E-state index contributed by atoms with van der Waals surface area (Å²) < 4.78 is 0. The Morgan fingerprint density at radius 3 is 2.73 bits per heavy atom. The molecule has 0 aliphatic carbocycles. The first kappa shape index (κ1) is 11.4. The van der Waals surface area contributed by atoms with E-state index in [2.05, 4.69) is 13.8 Å². The first-order chi connectivity index (χ1) is 7.13. The molecule has 0 saturated carbocycles. The lowest BCUT2D eigenvalue weighted by Crippen LogP contribution is -2.08. The summed E-state index contributed by atoms with van der Waals surface area (Å²) in [4.78, 5) is 1.23. The average molecular weight is 259 g/mol. The van der Waals surface area contributed by atoms with Crippen molar-refractivity contribution in [2.75, 3.05) is 0 Å². The van der Waals surface area contributed by atoms with Gasteiger partial charge in [0.1, 0.15) is 0 Å². The zero-order valence-corrected chi connectivity index (χ0v) is 11.0. The molecule has 2 rings (SSSR count). The van der Waals surface area contributed by atoms with E-state index in [1.165, 1.54) is 10.5 Å². The van der Waals surface area contributed by atoms with Gasteiger partial charge in [-0.1, -0.05) is 30.1 Å². The summed E-state index contributed by atoms with van der Waals surface area (Å²) in [5.74, 6) is 0. The van der Waals surface area contributed by atoms with Gasteiger partial charge in [-0.25, -0.2) is 0 Å². The molecule has 15 heavy (non-hydrogen) atoms. The molecule has 0 spiro atoms. The summed E-state index contributed by atoms with van der Waals surface area (Å²) in [6.45, 7) is 4.34. The highest BCUT2D eigenvalue weighted by Crippen LogP contribution is 2.45. The maximum Gasteiger partial charge on any atom is 0.0493 e. The normalized spacial score (nSPS) is 20.4. The minimum Gasteiger partial charge on any atom is -0.118 e. The Morgan fingerprint density at radius 2 is 2.07 bits per heavy atom. The van der Waals surface area contributed by atoms with Crippen LogP contribution in [-0.4, -0.2) is 5.25 Å². The Bertz CT molecular complexity index is 424. The molecule has 3 heteroatoms. The topological polar surface area (TPSA) is 0 Å². The van der Waals surface area contributed by atoms with Gasteiger partial charge in [0.25, 0.3) is 0 Å². The number of thioether (sulfide) groups is 1. The van der Waals surface area contributed by atoms with Crippen LogP contribution in [0.5, 0.6) is 0 Å². The van der Waals surface area contributed by atoms with Crippen molar-refractivity contribution in [3.05, 3.63) is 34.4 Å². The molecule has 1 heterocycles. The van der Waals surface area contributed by atoms with Crippen molar-refractivity contribution >= 4 is 40.0 Å². The third kappa shape index (κ3) is 2.06. The van der Waals surface area contributed by atoms with E-state index >= 15 is 0 Å². The lowest BCUT2D eigenvalue weighted by atomic mass is 10.1. The minimum atomic E-state index is 0.469. The van der Waals surface area contributed by atoms with Crippen LogP contribution in [-0.2, 0) is 0 Å². The van der Waals surface area contributed by atoms with E-state index in [0.717, 1.165) is 22.0 Å². The molecule has 0 aromatic heterocycles. The van der Waals surface area contributed by atoms with E-state index in [0.29, 0.717) is 5.25 Å². The fourth-order valence-electron chi connectivity index (χ4n) is 1.83. The van der Waals surface area contributed by atoms with Crippen LogP contribution in [0.4, 0.5) is 0 Å². The zero-order chi connectivity index (χ0) is 11.0. The molecule has 1 unspecified atom stereocenters. The molecule has 0 bridgehead atoms. The third-order valence-corrected chi connectivity index (χ3v) is 4.56. The Balaban J connectivity index is 2.58. The quantitative estimate of drug-likeness (QED) is 0.668. The number of benzene rings is 1. The van der Waals surface area contributed by atoms with Crippen LogP contribution in [0.25, 0.3) is 5.03 Å². The monoisotopic (exact) mass is 258 g/mol. The van der Waals surface area contributed by atoms with Gasteiger partial charge in [0.15, 0.2) is 0 Å². The summed E-state index contributed by atoms with van der Waals surface area (Å²) in [5.41, 5.74) is 2.40. The summed E-state index contributed by atoms with van der Waals surface area (Å²) in [7, 11) is 0. The maximum absolute atomic E-state index is 6.39. The van der Waals surface area contributed by atoms with Crippen molar-refractivity contribution in [2.24, 2.45) is 0 Å². The smallest absolute Gasteiger partial charge is 0.0493 e. The van der Waals surface area contributed by atoms with Gasteiger partial charge in [-0.2, -0.15) is 0 Å². The Labute approximate surface area is 105 Å². The van der Waals surface area contributed by atoms with Gasteiger partial charge in [0.2, 0.25) is 0 Å². The Hall–Kier alpha value is -0.110. The molecular formula is C12H12Cl2S. The molecule has 1 aromatic carbocycles. The highest BCUT2D eigenvalue weighted by Gasteiger charge is 2.22. The Kier molecular flexibility index (Phi) is 3.34. The molecule has 0 nitrogen and oxygen atoms in total. The third-order valence-electron chi connectivity index (χ3n) is 2.64. The highest BCUT2D eigenvalue weighted by atomic mass is 35.5. The molecule has 1 aromatic rings. The van der Waals surface area contributed by atoms with E-state index < -0.39 is 0 Å². The fourth-order valence-corrected chi connectivity index (χ4v) is 3.82. The number of hydrogen-bond donors (Lipinski definition) is 0. The van der Waals surface area contributed by atoms with Crippen LogP contribution >= 0.6 is 35.0 Å². The average Bonchev–Trinajstić information content (AvgIpc) is 2.20. The van der Waals surface area contributed by atoms with Crippen molar-refractivity contribution in [3.63, 3.8) is 0 Å². The van der Waals surface area contributed by atoms with E-state index in [-0.39, 0.29) is 0 Å². The minimum absolute atomic E-state index is 0.469. The highest BCUT2D eigenvalue weighted by molar-refractivity contribution is 8.00. The van der Waals surface area contributed by atoms with Gasteiger partial charge in [-0.3, -0.25) is 0 Å². The molecule has 0 fully saturated rings. The van der Waals surface area contributed by atoms with Gasteiger partial charge < -0.3 is 0 Å². The van der Waals surface area contributed by atoms with E-state index in [4.69, 9.17) is 23.2 Å². The van der Waals surface area contributed by atoms with Crippen molar-refractivity contribution in [1.29, 1.82) is 0 Å². The zero-order valence-electron chi connectivity index (χ0n) is 8.68. The first-order valence-corrected chi connectivity index (χ1v) is 6.62. The summed E-state index contributed by atoms with van der Waals surface area (Å²) >= 11 is 14.2. The standard InChI is InChI=1S/C12H12Cl2S/c1-3-9-7(2)15-11-5-4-8(13)6-10(11)12(9)14/h4-7H,3H2,1-2H3. The second-order valence-electron chi connectivity index (χ2n) is 3.59. The van der Waals surface area contributed by atoms with Crippen LogP contribution in [0.3, 0.4) is 0 Å². The first-order valence-electron chi connectivity index (χ1n) is 4.98. The summed E-state index contributed by atoms with van der Waals surface area (Å²) in [6.07, 6.45) is 0.999. The van der Waals surface area contributed by atoms with Crippen LogP contribution < -0.4 is 0 Å².